The molecule has 26 heavy (non-hydrogen) atoms. The van der Waals surface area contributed by atoms with Gasteiger partial charge in [-0.25, -0.2) is 9.59 Å². The molecule has 0 aliphatic heterocycles. The molecule has 1 saturated carbocycles. The van der Waals surface area contributed by atoms with Crippen LogP contribution in [0.4, 0.5) is 10.5 Å². The van der Waals surface area contributed by atoms with E-state index in [1.165, 1.54) is 7.11 Å². The van der Waals surface area contributed by atoms with Crippen molar-refractivity contribution < 1.29 is 19.1 Å². The van der Waals surface area contributed by atoms with Crippen molar-refractivity contribution in [3.8, 4) is 0 Å². The predicted molar refractivity (Wildman–Crippen MR) is 102 cm³/mol. The number of ether oxygens (including phenoxy) is 2. The molecule has 1 fully saturated rings. The van der Waals surface area contributed by atoms with Gasteiger partial charge in [0.05, 0.1) is 12.7 Å². The van der Waals surface area contributed by atoms with Crippen molar-refractivity contribution in [2.75, 3.05) is 12.4 Å². The fourth-order valence-corrected chi connectivity index (χ4v) is 3.13. The summed E-state index contributed by atoms with van der Waals surface area (Å²) in [5.41, 5.74) is 1.91. The van der Waals surface area contributed by atoms with Gasteiger partial charge in [-0.3, -0.25) is 0 Å². The van der Waals surface area contributed by atoms with Gasteiger partial charge in [-0.15, -0.1) is 0 Å². The Balaban J connectivity index is 1.85. The Kier molecular flexibility index (Phi) is 6.51. The van der Waals surface area contributed by atoms with Gasteiger partial charge in [0, 0.05) is 17.8 Å². The lowest BCUT2D eigenvalue weighted by Gasteiger charge is -2.31. The van der Waals surface area contributed by atoms with Crippen LogP contribution in [-0.2, 0) is 9.47 Å². The number of carbonyl (C=O) groups excluding carboxylic acids is 2. The molecule has 1 aliphatic carbocycles. The van der Waals surface area contributed by atoms with E-state index < -0.39 is 5.60 Å². The minimum Gasteiger partial charge on any atom is -0.465 e. The van der Waals surface area contributed by atoms with Crippen molar-refractivity contribution in [3.63, 3.8) is 0 Å². The molecule has 0 atom stereocenters. The number of amides is 1. The van der Waals surface area contributed by atoms with Crippen LogP contribution in [0, 0.1) is 6.92 Å². The van der Waals surface area contributed by atoms with Crippen LogP contribution in [0.25, 0.3) is 0 Å². The van der Waals surface area contributed by atoms with Crippen LogP contribution in [0.1, 0.15) is 62.4 Å². The molecule has 1 amide bonds. The molecule has 2 rings (SSSR count). The first-order chi connectivity index (χ1) is 12.2. The molecular formula is C20H30N2O4. The minimum atomic E-state index is -0.481. The number of benzene rings is 1. The lowest BCUT2D eigenvalue weighted by atomic mass is 9.91. The van der Waals surface area contributed by atoms with Crippen molar-refractivity contribution in [1.82, 2.24) is 5.32 Å². The highest BCUT2D eigenvalue weighted by molar-refractivity contribution is 5.92. The number of rotatable bonds is 4. The Bertz CT molecular complexity index is 644. The largest absolute Gasteiger partial charge is 0.465 e. The molecule has 1 aromatic rings. The lowest BCUT2D eigenvalue weighted by Crippen LogP contribution is -2.42. The van der Waals surface area contributed by atoms with E-state index in [2.05, 4.69) is 10.6 Å². The molecule has 1 aliphatic rings. The zero-order valence-corrected chi connectivity index (χ0v) is 16.3. The third-order valence-corrected chi connectivity index (χ3v) is 4.46. The molecular weight excluding hydrogens is 332 g/mol. The number of hydrogen-bond acceptors (Lipinski definition) is 5. The Hall–Kier alpha value is -2.24. The zero-order valence-electron chi connectivity index (χ0n) is 16.3. The first-order valence-corrected chi connectivity index (χ1v) is 9.13. The number of aryl methyl sites for hydroxylation is 1. The zero-order chi connectivity index (χ0) is 19.3. The fraction of sp³-hybridized carbons (Fsp3) is 0.600. The van der Waals surface area contributed by atoms with Crippen molar-refractivity contribution in [1.29, 1.82) is 0 Å². The third kappa shape index (κ3) is 5.93. The predicted octanol–water partition coefficient (Wildman–Crippen LogP) is 4.03. The van der Waals surface area contributed by atoms with Crippen LogP contribution in [0.3, 0.4) is 0 Å². The number of esters is 1. The van der Waals surface area contributed by atoms with E-state index in [-0.39, 0.29) is 18.1 Å². The van der Waals surface area contributed by atoms with Gasteiger partial charge in [0.2, 0.25) is 0 Å². The van der Waals surface area contributed by atoms with Gasteiger partial charge < -0.3 is 20.1 Å². The second-order valence-electron chi connectivity index (χ2n) is 7.86. The molecule has 0 bridgehead atoms. The summed E-state index contributed by atoms with van der Waals surface area (Å²) in [4.78, 5) is 23.7. The molecule has 0 unspecified atom stereocenters. The molecule has 0 saturated heterocycles. The Labute approximate surface area is 155 Å². The van der Waals surface area contributed by atoms with Crippen LogP contribution in [0.2, 0.25) is 0 Å². The van der Waals surface area contributed by atoms with Gasteiger partial charge >= 0.3 is 12.1 Å². The highest BCUT2D eigenvalue weighted by Gasteiger charge is 2.25. The van der Waals surface area contributed by atoms with E-state index in [1.54, 1.807) is 0 Å². The van der Waals surface area contributed by atoms with Crippen molar-refractivity contribution in [2.45, 2.75) is 71.1 Å². The van der Waals surface area contributed by atoms with Crippen LogP contribution in [-0.4, -0.2) is 36.9 Å². The minimum absolute atomic E-state index is 0.145. The Morgan fingerprint density at radius 2 is 1.69 bits per heavy atom. The molecule has 2 N–H and O–H groups in total. The second kappa shape index (κ2) is 8.43. The molecule has 0 aromatic heterocycles. The first kappa shape index (κ1) is 20.1. The van der Waals surface area contributed by atoms with E-state index in [0.717, 1.165) is 36.9 Å². The summed E-state index contributed by atoms with van der Waals surface area (Å²) in [6, 6.07) is 6.20. The molecule has 6 nitrogen and oxygen atoms in total. The van der Waals surface area contributed by atoms with Crippen LogP contribution in [0.15, 0.2) is 18.2 Å². The van der Waals surface area contributed by atoms with E-state index in [4.69, 9.17) is 9.47 Å². The highest BCUT2D eigenvalue weighted by atomic mass is 16.6. The number of anilines is 1. The second-order valence-corrected chi connectivity index (χ2v) is 7.86. The summed E-state index contributed by atoms with van der Waals surface area (Å²) < 4.78 is 10.1. The maximum Gasteiger partial charge on any atom is 0.407 e. The van der Waals surface area contributed by atoms with E-state index >= 15 is 0 Å². The monoisotopic (exact) mass is 362 g/mol. The summed E-state index contributed by atoms with van der Waals surface area (Å²) in [6.45, 7) is 7.47. The number of alkyl carbamates (subject to hydrolysis) is 1. The standard InChI is InChI=1S/C20H30N2O4/c1-13-6-7-16(12-17(13)18(23)25-5)21-14-8-10-15(11-9-14)22-19(24)26-20(2,3)4/h6-7,12,14-15,21H,8-11H2,1-5H3,(H,22,24). The van der Waals surface area contributed by atoms with Crippen LogP contribution in [0.5, 0.6) is 0 Å². The normalized spacial score (nSPS) is 20.2. The fourth-order valence-electron chi connectivity index (χ4n) is 3.13. The number of methoxy groups -OCH3 is 1. The van der Waals surface area contributed by atoms with Gasteiger partial charge in [-0.05, 0) is 71.1 Å². The van der Waals surface area contributed by atoms with Gasteiger partial charge in [0.1, 0.15) is 5.60 Å². The lowest BCUT2D eigenvalue weighted by molar-refractivity contribution is 0.0491. The summed E-state index contributed by atoms with van der Waals surface area (Å²) in [7, 11) is 1.39. The molecule has 144 valence electrons. The number of carbonyl (C=O) groups is 2. The van der Waals surface area contributed by atoms with E-state index in [9.17, 15) is 9.59 Å². The average Bonchev–Trinajstić information content (AvgIpc) is 2.56. The molecule has 0 radical (unpaired) electrons. The maximum atomic E-state index is 11.9. The first-order valence-electron chi connectivity index (χ1n) is 9.13. The quantitative estimate of drug-likeness (QED) is 0.791. The summed E-state index contributed by atoms with van der Waals surface area (Å²) in [6.07, 6.45) is 3.33. The molecule has 1 aromatic carbocycles. The summed E-state index contributed by atoms with van der Waals surface area (Å²) in [5, 5.41) is 6.44. The number of hydrogen-bond donors (Lipinski definition) is 2. The molecule has 6 heteroatoms. The summed E-state index contributed by atoms with van der Waals surface area (Å²) in [5.74, 6) is -0.323. The van der Waals surface area contributed by atoms with Crippen molar-refractivity contribution in [2.24, 2.45) is 0 Å². The van der Waals surface area contributed by atoms with Crippen LogP contribution >= 0.6 is 0 Å². The Morgan fingerprint density at radius 3 is 2.27 bits per heavy atom. The smallest absolute Gasteiger partial charge is 0.407 e. The van der Waals surface area contributed by atoms with Crippen LogP contribution < -0.4 is 10.6 Å². The van der Waals surface area contributed by atoms with E-state index in [1.807, 2.05) is 45.9 Å². The maximum absolute atomic E-state index is 11.9. The molecule has 0 heterocycles. The molecule has 0 spiro atoms. The van der Waals surface area contributed by atoms with Crippen molar-refractivity contribution in [3.05, 3.63) is 29.3 Å². The topological polar surface area (TPSA) is 76.7 Å². The summed E-state index contributed by atoms with van der Waals surface area (Å²) >= 11 is 0. The average molecular weight is 362 g/mol. The van der Waals surface area contributed by atoms with E-state index in [0.29, 0.717) is 11.6 Å². The highest BCUT2D eigenvalue weighted by Crippen LogP contribution is 2.24. The SMILES string of the molecule is COC(=O)c1cc(NC2CCC(NC(=O)OC(C)(C)C)CC2)ccc1C. The van der Waals surface area contributed by atoms with Crippen molar-refractivity contribution >= 4 is 17.7 Å². The van der Waals surface area contributed by atoms with Gasteiger partial charge in [0.15, 0.2) is 0 Å². The van der Waals surface area contributed by atoms with Gasteiger partial charge in [0.25, 0.3) is 0 Å². The number of nitrogens with one attached hydrogen (secondary N) is 2. The third-order valence-electron chi connectivity index (χ3n) is 4.46. The Morgan fingerprint density at radius 1 is 1.08 bits per heavy atom. The van der Waals surface area contributed by atoms with Gasteiger partial charge in [-0.1, -0.05) is 6.07 Å². The van der Waals surface area contributed by atoms with Gasteiger partial charge in [-0.2, -0.15) is 0 Å².